The number of hydrogen-bond acceptors (Lipinski definition) is 6. The van der Waals surface area contributed by atoms with E-state index in [0.29, 0.717) is 35.5 Å². The van der Waals surface area contributed by atoms with E-state index in [2.05, 4.69) is 18.6 Å². The molecule has 4 aromatic carbocycles. The summed E-state index contributed by atoms with van der Waals surface area (Å²) in [7, 11) is -9.40. The van der Waals surface area contributed by atoms with Crippen LogP contribution in [0.15, 0.2) is 82.6 Å². The van der Waals surface area contributed by atoms with Crippen molar-refractivity contribution in [3.05, 3.63) is 78.3 Å². The van der Waals surface area contributed by atoms with Crippen LogP contribution in [-0.4, -0.2) is 39.2 Å². The second-order valence-electron chi connectivity index (χ2n) is 11.2. The van der Waals surface area contributed by atoms with E-state index in [-0.39, 0.29) is 9.79 Å². The number of sulfone groups is 2. The Hall–Kier alpha value is -3.72. The van der Waals surface area contributed by atoms with Gasteiger partial charge in [-0.3, -0.25) is 0 Å². The lowest BCUT2D eigenvalue weighted by molar-refractivity contribution is 0.00380. The summed E-state index contributed by atoms with van der Waals surface area (Å²) in [4.78, 5) is 2.20. The predicted molar refractivity (Wildman–Crippen MR) is 179 cm³/mol. The van der Waals surface area contributed by atoms with Crippen LogP contribution >= 0.6 is 0 Å². The van der Waals surface area contributed by atoms with Crippen molar-refractivity contribution in [2.45, 2.75) is 87.8 Å². The minimum atomic E-state index is -4.70. The molecule has 0 heterocycles. The molecule has 0 aliphatic rings. The quantitative estimate of drug-likeness (QED) is 0.0394. The first-order valence-corrected chi connectivity index (χ1v) is 18.7. The van der Waals surface area contributed by atoms with Crippen molar-refractivity contribution in [2.75, 3.05) is 13.2 Å². The Balaban J connectivity index is 1.49. The van der Waals surface area contributed by atoms with Crippen molar-refractivity contribution in [3.63, 3.8) is 0 Å². The Morgan fingerprint density at radius 3 is 1.33 bits per heavy atom. The van der Waals surface area contributed by atoms with Gasteiger partial charge in [0.25, 0.3) is 19.7 Å². The van der Waals surface area contributed by atoms with Crippen LogP contribution in [0.5, 0.6) is 11.5 Å². The van der Waals surface area contributed by atoms with E-state index in [1.165, 1.54) is 62.8 Å². The number of unbranched alkanes of at least 4 members (excludes halogenated alkanes) is 8. The van der Waals surface area contributed by atoms with Crippen molar-refractivity contribution in [1.82, 2.24) is 0 Å². The molecular weight excluding hydrogens is 609 g/mol. The molecule has 0 radical (unpaired) electrons. The zero-order chi connectivity index (χ0) is 32.3. The van der Waals surface area contributed by atoms with Gasteiger partial charge in [-0.1, -0.05) is 89.5 Å². The van der Waals surface area contributed by atoms with Crippen LogP contribution in [0.1, 0.15) is 78.1 Å². The lowest BCUT2D eigenvalue weighted by Gasteiger charge is -2.09. The topological polar surface area (TPSA) is 123 Å². The van der Waals surface area contributed by atoms with Gasteiger partial charge < -0.3 is 15.0 Å². The summed E-state index contributed by atoms with van der Waals surface area (Å²) in [5.74, 6) is 1.34. The molecule has 0 fully saturated rings. The third-order valence-electron chi connectivity index (χ3n) is 7.76. The normalized spacial score (nSPS) is 11.9. The van der Waals surface area contributed by atoms with E-state index in [0.717, 1.165) is 36.5 Å². The van der Waals surface area contributed by atoms with Gasteiger partial charge in [0.05, 0.1) is 23.0 Å². The molecule has 0 aliphatic carbocycles. The summed E-state index contributed by atoms with van der Waals surface area (Å²) < 4.78 is 64.5. The minimum absolute atomic E-state index is 0.298. The monoisotopic (exact) mass is 650 g/mol. The molecule has 0 saturated carbocycles. The number of nitrogens with zero attached hydrogens (tertiary/aromatic N) is 2. The maximum absolute atomic E-state index is 13.5. The summed E-state index contributed by atoms with van der Waals surface area (Å²) in [6.45, 7) is 5.54. The molecule has 0 saturated heterocycles. The standard InChI is InChI=1S/C35H42N2O6S2/c1-3-5-7-9-11-21-42-31-17-13-29-25-33(19-15-27(29)23-31)44(38,39)35(37-36)45(40,41)34-20-16-28-24-32(18-14-30(28)26-34)43-22-12-10-8-6-4-2/h13-20,23-26H,3-12,21-22H2,1-2H3. The molecule has 0 bridgehead atoms. The Morgan fingerprint density at radius 1 is 0.556 bits per heavy atom. The fourth-order valence-corrected chi connectivity index (χ4v) is 8.57. The Bertz CT molecular complexity index is 1750. The summed E-state index contributed by atoms with van der Waals surface area (Å²) in [6, 6.07) is 19.1. The zero-order valence-electron chi connectivity index (χ0n) is 26.1. The second kappa shape index (κ2) is 16.0. The number of benzene rings is 4. The van der Waals surface area contributed by atoms with Crippen LogP contribution < -0.4 is 9.47 Å². The molecule has 45 heavy (non-hydrogen) atoms. The summed E-state index contributed by atoms with van der Waals surface area (Å²) in [5, 5.41) is 2.62. The van der Waals surface area contributed by atoms with Crippen LogP contribution in [0.25, 0.3) is 27.1 Å². The fourth-order valence-electron chi connectivity index (χ4n) is 5.16. The van der Waals surface area contributed by atoms with Crippen molar-refractivity contribution in [3.8, 4) is 11.5 Å². The molecule has 4 rings (SSSR count). The van der Waals surface area contributed by atoms with Crippen molar-refractivity contribution in [2.24, 2.45) is 0 Å². The maximum atomic E-state index is 13.5. The lowest BCUT2D eigenvalue weighted by atomic mass is 10.1. The highest BCUT2D eigenvalue weighted by Gasteiger charge is 2.44. The molecule has 10 heteroatoms. The Labute approximate surface area is 266 Å². The number of ether oxygens (including phenoxy) is 2. The molecule has 0 atom stereocenters. The highest BCUT2D eigenvalue weighted by Crippen LogP contribution is 2.29. The van der Waals surface area contributed by atoms with Crippen molar-refractivity contribution in [1.29, 1.82) is 0 Å². The molecule has 0 unspecified atom stereocenters. The molecule has 0 aliphatic heterocycles. The van der Waals surface area contributed by atoms with Gasteiger partial charge in [-0.05, 0) is 82.9 Å². The first-order valence-electron chi connectivity index (χ1n) is 15.8. The van der Waals surface area contributed by atoms with Gasteiger partial charge in [0.15, 0.2) is 0 Å². The summed E-state index contributed by atoms with van der Waals surface area (Å²) in [6.07, 6.45) is 11.3. The highest BCUT2D eigenvalue weighted by molar-refractivity contribution is 8.31. The lowest BCUT2D eigenvalue weighted by Crippen LogP contribution is -2.26. The average Bonchev–Trinajstić information content (AvgIpc) is 3.03. The molecule has 0 amide bonds. The third kappa shape index (κ3) is 8.72. The van der Waals surface area contributed by atoms with Crippen LogP contribution in [0.4, 0.5) is 0 Å². The smallest absolute Gasteiger partial charge is 0.494 e. The largest absolute Gasteiger partial charge is 0.504 e. The zero-order valence-corrected chi connectivity index (χ0v) is 27.7. The molecular formula is C35H42N2O6S2. The Morgan fingerprint density at radius 2 is 0.933 bits per heavy atom. The van der Waals surface area contributed by atoms with E-state index in [4.69, 9.17) is 9.47 Å². The number of fused-ring (bicyclic) bond motifs is 2. The summed E-state index contributed by atoms with van der Waals surface area (Å²) >= 11 is 0. The number of hydrogen-bond donors (Lipinski definition) is 0. The van der Waals surface area contributed by atoms with Gasteiger partial charge in [-0.15, -0.1) is 4.79 Å². The molecule has 4 aromatic rings. The fraction of sp³-hybridized carbons (Fsp3) is 0.400. The van der Waals surface area contributed by atoms with E-state index in [1.807, 2.05) is 12.1 Å². The van der Waals surface area contributed by atoms with E-state index in [9.17, 15) is 22.4 Å². The first kappa shape index (κ1) is 34.2. The van der Waals surface area contributed by atoms with Crippen LogP contribution in [-0.2, 0) is 19.7 Å². The van der Waals surface area contributed by atoms with E-state index >= 15 is 0 Å². The van der Waals surface area contributed by atoms with Gasteiger partial charge in [-0.2, -0.15) is 0 Å². The summed E-state index contributed by atoms with van der Waals surface area (Å²) in [5.41, 5.74) is 9.72. The SMILES string of the molecule is CCCCCCCOc1ccc2cc(S(=O)(=O)C(=[N+]=[N-])S(=O)(=O)c3ccc4cc(OCCCCCCC)ccc4c3)ccc2c1. The molecule has 0 N–H and O–H groups in total. The van der Waals surface area contributed by atoms with Crippen LogP contribution in [0.2, 0.25) is 0 Å². The predicted octanol–water partition coefficient (Wildman–Crippen LogP) is 8.52. The molecule has 0 spiro atoms. The van der Waals surface area contributed by atoms with Gasteiger partial charge in [0.2, 0.25) is 0 Å². The van der Waals surface area contributed by atoms with Crippen molar-refractivity contribution < 1.29 is 31.1 Å². The maximum Gasteiger partial charge on any atom is 0.504 e. The Kier molecular flexibility index (Phi) is 12.2. The van der Waals surface area contributed by atoms with Gasteiger partial charge in [0.1, 0.15) is 11.5 Å². The first-order chi connectivity index (χ1) is 21.7. The minimum Gasteiger partial charge on any atom is -0.494 e. The van der Waals surface area contributed by atoms with E-state index in [1.54, 1.807) is 36.4 Å². The van der Waals surface area contributed by atoms with Gasteiger partial charge in [-0.25, -0.2) is 16.8 Å². The second-order valence-corrected chi connectivity index (χ2v) is 15.2. The van der Waals surface area contributed by atoms with Gasteiger partial charge >= 0.3 is 4.38 Å². The van der Waals surface area contributed by atoms with Gasteiger partial charge in [0, 0.05) is 0 Å². The molecule has 0 aromatic heterocycles. The average molecular weight is 651 g/mol. The molecule has 240 valence electrons. The van der Waals surface area contributed by atoms with Crippen LogP contribution in [0.3, 0.4) is 0 Å². The third-order valence-corrected chi connectivity index (χ3v) is 11.9. The number of rotatable bonds is 16. The molecule has 8 nitrogen and oxygen atoms in total. The van der Waals surface area contributed by atoms with E-state index < -0.39 is 24.1 Å². The highest BCUT2D eigenvalue weighted by atomic mass is 32.3. The van der Waals surface area contributed by atoms with Crippen molar-refractivity contribution >= 4 is 45.6 Å². The van der Waals surface area contributed by atoms with Crippen LogP contribution in [0, 0.1) is 0 Å².